The zero-order valence-electron chi connectivity index (χ0n) is 17.7. The van der Waals surface area contributed by atoms with Crippen LogP contribution in [0.1, 0.15) is 19.8 Å². The summed E-state index contributed by atoms with van der Waals surface area (Å²) in [7, 11) is 4.29. The number of anilines is 1. The average molecular weight is 390 g/mol. The number of likely N-dealkylation sites (N-methyl/N-ethyl adjacent to an activating group) is 2. The minimum Gasteiger partial charge on any atom is -0.339 e. The van der Waals surface area contributed by atoms with Gasteiger partial charge in [0, 0.05) is 43.5 Å². The quantitative estimate of drug-likeness (QED) is 0.666. The maximum atomic E-state index is 4.91. The summed E-state index contributed by atoms with van der Waals surface area (Å²) < 4.78 is 0. The Kier molecular flexibility index (Phi) is 6.07. The van der Waals surface area contributed by atoms with Crippen molar-refractivity contribution in [1.82, 2.24) is 20.2 Å². The monoisotopic (exact) mass is 389 g/mol. The molecule has 0 aliphatic carbocycles. The van der Waals surface area contributed by atoms with Crippen molar-refractivity contribution in [3.8, 4) is 11.3 Å². The van der Waals surface area contributed by atoms with E-state index in [2.05, 4.69) is 76.5 Å². The van der Waals surface area contributed by atoms with Gasteiger partial charge < -0.3 is 10.2 Å². The van der Waals surface area contributed by atoms with Crippen molar-refractivity contribution in [2.24, 2.45) is 0 Å². The van der Waals surface area contributed by atoms with Crippen molar-refractivity contribution in [3.63, 3.8) is 0 Å². The predicted molar refractivity (Wildman–Crippen MR) is 121 cm³/mol. The van der Waals surface area contributed by atoms with Gasteiger partial charge >= 0.3 is 0 Å². The van der Waals surface area contributed by atoms with E-state index >= 15 is 0 Å². The number of hydrogen-bond donors (Lipinski definition) is 1. The summed E-state index contributed by atoms with van der Waals surface area (Å²) >= 11 is 0. The smallest absolute Gasteiger partial charge is 0.225 e. The van der Waals surface area contributed by atoms with Gasteiger partial charge in [0.15, 0.2) is 0 Å². The molecule has 1 saturated heterocycles. The Balaban J connectivity index is 1.51. The van der Waals surface area contributed by atoms with Gasteiger partial charge in [-0.25, -0.2) is 9.97 Å². The SMILES string of the molecule is CCC(CNC)N(C)C1CCN(c2nccc(-c3ccc4ccccc4c3)n2)C1. The van der Waals surface area contributed by atoms with Gasteiger partial charge in [-0.2, -0.15) is 0 Å². The third-order valence-electron chi connectivity index (χ3n) is 6.20. The molecule has 0 radical (unpaired) electrons. The molecule has 3 aromatic rings. The first-order valence-corrected chi connectivity index (χ1v) is 10.6. The topological polar surface area (TPSA) is 44.3 Å². The Hall–Kier alpha value is -2.50. The number of hydrogen-bond acceptors (Lipinski definition) is 5. The van der Waals surface area contributed by atoms with Crippen LogP contribution in [0.5, 0.6) is 0 Å². The molecule has 0 amide bonds. The van der Waals surface area contributed by atoms with Crippen molar-refractivity contribution < 1.29 is 0 Å². The third-order valence-corrected chi connectivity index (χ3v) is 6.20. The first-order chi connectivity index (χ1) is 14.2. The lowest BCUT2D eigenvalue weighted by molar-refractivity contribution is 0.178. The van der Waals surface area contributed by atoms with E-state index in [0.29, 0.717) is 12.1 Å². The van der Waals surface area contributed by atoms with E-state index in [0.717, 1.165) is 49.7 Å². The molecule has 1 aliphatic rings. The first kappa shape index (κ1) is 19.8. The molecule has 152 valence electrons. The Bertz CT molecular complexity index is 957. The van der Waals surface area contributed by atoms with Gasteiger partial charge in [-0.05, 0) is 49.8 Å². The van der Waals surface area contributed by atoms with Crippen molar-refractivity contribution in [1.29, 1.82) is 0 Å². The molecule has 2 heterocycles. The summed E-state index contributed by atoms with van der Waals surface area (Å²) in [5.41, 5.74) is 2.12. The number of nitrogens with zero attached hydrogens (tertiary/aromatic N) is 4. The molecule has 0 spiro atoms. The van der Waals surface area contributed by atoms with Gasteiger partial charge in [-0.3, -0.25) is 4.90 Å². The lowest BCUT2D eigenvalue weighted by atomic mass is 10.1. The Morgan fingerprint density at radius 2 is 2.00 bits per heavy atom. The molecule has 2 unspecified atom stereocenters. The molecule has 1 aliphatic heterocycles. The zero-order valence-corrected chi connectivity index (χ0v) is 17.7. The molecule has 1 fully saturated rings. The molecule has 2 atom stereocenters. The van der Waals surface area contributed by atoms with Crippen molar-refractivity contribution in [2.45, 2.75) is 31.8 Å². The largest absolute Gasteiger partial charge is 0.339 e. The van der Waals surface area contributed by atoms with Crippen LogP contribution >= 0.6 is 0 Å². The summed E-state index contributed by atoms with van der Waals surface area (Å²) in [6.07, 6.45) is 4.20. The molecule has 29 heavy (non-hydrogen) atoms. The van der Waals surface area contributed by atoms with Crippen LogP contribution in [0.15, 0.2) is 54.7 Å². The molecule has 1 N–H and O–H groups in total. The molecule has 1 aromatic heterocycles. The van der Waals surface area contributed by atoms with E-state index in [1.54, 1.807) is 0 Å². The lowest BCUT2D eigenvalue weighted by Crippen LogP contribution is -2.45. The van der Waals surface area contributed by atoms with Crippen LogP contribution in [-0.4, -0.2) is 60.7 Å². The lowest BCUT2D eigenvalue weighted by Gasteiger charge is -2.32. The van der Waals surface area contributed by atoms with E-state index in [4.69, 9.17) is 4.98 Å². The van der Waals surface area contributed by atoms with E-state index in [1.807, 2.05) is 19.3 Å². The fraction of sp³-hybridized carbons (Fsp3) is 0.417. The molecular weight excluding hydrogens is 358 g/mol. The maximum Gasteiger partial charge on any atom is 0.225 e. The summed E-state index contributed by atoms with van der Waals surface area (Å²) in [4.78, 5) is 14.4. The van der Waals surface area contributed by atoms with E-state index < -0.39 is 0 Å². The van der Waals surface area contributed by atoms with Crippen LogP contribution in [0.3, 0.4) is 0 Å². The number of rotatable bonds is 7. The minimum absolute atomic E-state index is 0.543. The second kappa shape index (κ2) is 8.89. The molecule has 4 rings (SSSR count). The summed E-state index contributed by atoms with van der Waals surface area (Å²) in [5.74, 6) is 0.841. The molecule has 0 saturated carbocycles. The first-order valence-electron chi connectivity index (χ1n) is 10.6. The standard InChI is InChI=1S/C24H31N5/c1-4-21(16-25-2)28(3)22-12-14-29(17-22)24-26-13-11-23(27-24)20-10-9-18-7-5-6-8-19(18)15-20/h5-11,13,15,21-22,25H,4,12,14,16-17H2,1-3H3. The van der Waals surface area contributed by atoms with Crippen LogP contribution in [0.4, 0.5) is 5.95 Å². The van der Waals surface area contributed by atoms with Gasteiger partial charge in [0.1, 0.15) is 0 Å². The highest BCUT2D eigenvalue weighted by Crippen LogP contribution is 2.26. The summed E-state index contributed by atoms with van der Waals surface area (Å²) in [6, 6.07) is 18.1. The van der Waals surface area contributed by atoms with Crippen molar-refractivity contribution >= 4 is 16.7 Å². The van der Waals surface area contributed by atoms with Crippen molar-refractivity contribution in [2.75, 3.05) is 38.6 Å². The number of benzene rings is 2. The Labute approximate surface area is 173 Å². The number of nitrogens with one attached hydrogen (secondary N) is 1. The molecule has 2 aromatic carbocycles. The van der Waals surface area contributed by atoms with E-state index in [1.165, 1.54) is 10.8 Å². The second-order valence-corrected chi connectivity index (χ2v) is 7.98. The van der Waals surface area contributed by atoms with Crippen molar-refractivity contribution in [3.05, 3.63) is 54.7 Å². The Morgan fingerprint density at radius 3 is 2.79 bits per heavy atom. The fourth-order valence-electron chi connectivity index (χ4n) is 4.38. The highest BCUT2D eigenvalue weighted by molar-refractivity contribution is 5.86. The molecule has 0 bridgehead atoms. The van der Waals surface area contributed by atoms with Gasteiger partial charge in [0.05, 0.1) is 5.69 Å². The Morgan fingerprint density at radius 1 is 1.17 bits per heavy atom. The second-order valence-electron chi connectivity index (χ2n) is 7.98. The maximum absolute atomic E-state index is 4.91. The van der Waals surface area contributed by atoms with Crippen LogP contribution in [-0.2, 0) is 0 Å². The van der Waals surface area contributed by atoms with Crippen LogP contribution in [0, 0.1) is 0 Å². The molecule has 5 heteroatoms. The van der Waals surface area contributed by atoms with Crippen LogP contribution in [0.2, 0.25) is 0 Å². The minimum atomic E-state index is 0.543. The zero-order chi connectivity index (χ0) is 20.2. The molecule has 5 nitrogen and oxygen atoms in total. The van der Waals surface area contributed by atoms with E-state index in [9.17, 15) is 0 Å². The highest BCUT2D eigenvalue weighted by atomic mass is 15.3. The van der Waals surface area contributed by atoms with Gasteiger partial charge in [-0.15, -0.1) is 0 Å². The summed E-state index contributed by atoms with van der Waals surface area (Å²) in [6.45, 7) is 5.28. The average Bonchev–Trinajstić information content (AvgIpc) is 3.27. The fourth-order valence-corrected chi connectivity index (χ4v) is 4.38. The van der Waals surface area contributed by atoms with Gasteiger partial charge in [0.2, 0.25) is 5.95 Å². The predicted octanol–water partition coefficient (Wildman–Crippen LogP) is 3.81. The van der Waals surface area contributed by atoms with Gasteiger partial charge in [0.25, 0.3) is 0 Å². The van der Waals surface area contributed by atoms with Crippen LogP contribution in [0.25, 0.3) is 22.0 Å². The third kappa shape index (κ3) is 4.26. The van der Waals surface area contributed by atoms with Crippen LogP contribution < -0.4 is 10.2 Å². The summed E-state index contributed by atoms with van der Waals surface area (Å²) in [5, 5.41) is 5.82. The van der Waals surface area contributed by atoms with E-state index in [-0.39, 0.29) is 0 Å². The number of fused-ring (bicyclic) bond motifs is 1. The van der Waals surface area contributed by atoms with Gasteiger partial charge in [-0.1, -0.05) is 43.3 Å². The highest BCUT2D eigenvalue weighted by Gasteiger charge is 2.30. The molecular formula is C24H31N5. The normalized spacial score (nSPS) is 17.9. The number of aromatic nitrogens is 2.